The van der Waals surface area contributed by atoms with Gasteiger partial charge in [0.1, 0.15) is 0 Å². The molecule has 26 heavy (non-hydrogen) atoms. The minimum absolute atomic E-state index is 0. The monoisotopic (exact) mass is 377 g/mol. The quantitative estimate of drug-likeness (QED) is 0.688. The molecule has 0 fully saturated rings. The minimum atomic E-state index is -0.116. The second kappa shape index (κ2) is 8.72. The third-order valence-corrected chi connectivity index (χ3v) is 4.08. The number of aromatic hydroxyl groups is 2. The fourth-order valence-corrected chi connectivity index (χ4v) is 2.96. The van der Waals surface area contributed by atoms with Crippen molar-refractivity contribution in [1.82, 2.24) is 5.32 Å². The number of hydrogen-bond donors (Lipinski definition) is 3. The van der Waals surface area contributed by atoms with Crippen LogP contribution in [0.3, 0.4) is 0 Å². The molecule has 0 saturated heterocycles. The van der Waals surface area contributed by atoms with Crippen LogP contribution in [0.25, 0.3) is 11.8 Å². The number of rotatable bonds is 5. The van der Waals surface area contributed by atoms with E-state index in [0.29, 0.717) is 19.0 Å². The van der Waals surface area contributed by atoms with E-state index in [1.807, 2.05) is 38.1 Å². The molecule has 0 aliphatic carbocycles. The lowest BCUT2D eigenvalue weighted by molar-refractivity contribution is 0.287. The van der Waals surface area contributed by atoms with Crippen LogP contribution in [-0.4, -0.2) is 30.0 Å². The SMILES string of the molecule is CCOc1ccc(/C=C2\NCCc3cc(O)c(O)cc32)cc1OCC.Cl. The normalized spacial score (nSPS) is 14.2. The molecule has 5 nitrogen and oxygen atoms in total. The molecule has 1 heterocycles. The summed E-state index contributed by atoms with van der Waals surface area (Å²) in [6.45, 7) is 5.80. The Kier molecular flexibility index (Phi) is 6.64. The highest BCUT2D eigenvalue weighted by molar-refractivity contribution is 5.85. The Morgan fingerprint density at radius 3 is 2.42 bits per heavy atom. The number of ether oxygens (including phenoxy) is 2. The van der Waals surface area contributed by atoms with Gasteiger partial charge in [0, 0.05) is 17.8 Å². The number of phenols is 2. The Hall–Kier alpha value is -2.53. The van der Waals surface area contributed by atoms with Crippen LogP contribution in [0.1, 0.15) is 30.5 Å². The van der Waals surface area contributed by atoms with E-state index in [9.17, 15) is 10.2 Å². The predicted molar refractivity (Wildman–Crippen MR) is 105 cm³/mol. The van der Waals surface area contributed by atoms with Crippen molar-refractivity contribution in [3.63, 3.8) is 0 Å². The predicted octanol–water partition coefficient (Wildman–Crippen LogP) is 3.96. The highest BCUT2D eigenvalue weighted by Gasteiger charge is 2.17. The lowest BCUT2D eigenvalue weighted by atomic mass is 9.96. The Morgan fingerprint density at radius 2 is 1.69 bits per heavy atom. The van der Waals surface area contributed by atoms with E-state index in [1.165, 1.54) is 0 Å². The van der Waals surface area contributed by atoms with Crippen molar-refractivity contribution in [2.24, 2.45) is 0 Å². The van der Waals surface area contributed by atoms with Crippen LogP contribution in [0.15, 0.2) is 30.3 Å². The molecule has 0 spiro atoms. The van der Waals surface area contributed by atoms with Gasteiger partial charge in [0.05, 0.1) is 13.2 Å². The summed E-state index contributed by atoms with van der Waals surface area (Å²) in [5.74, 6) is 1.24. The second-order valence-corrected chi connectivity index (χ2v) is 5.81. The second-order valence-electron chi connectivity index (χ2n) is 5.81. The molecule has 0 radical (unpaired) electrons. The molecule has 0 atom stereocenters. The van der Waals surface area contributed by atoms with Crippen LogP contribution < -0.4 is 14.8 Å². The minimum Gasteiger partial charge on any atom is -0.504 e. The molecule has 2 aromatic rings. The maximum absolute atomic E-state index is 9.83. The van der Waals surface area contributed by atoms with Crippen molar-refractivity contribution < 1.29 is 19.7 Å². The van der Waals surface area contributed by atoms with Crippen molar-refractivity contribution in [2.75, 3.05) is 19.8 Å². The molecule has 2 aromatic carbocycles. The lowest BCUT2D eigenvalue weighted by Gasteiger charge is -2.22. The fourth-order valence-electron chi connectivity index (χ4n) is 2.96. The summed E-state index contributed by atoms with van der Waals surface area (Å²) in [6.07, 6.45) is 2.81. The average molecular weight is 378 g/mol. The molecule has 140 valence electrons. The van der Waals surface area contributed by atoms with Gasteiger partial charge in [-0.1, -0.05) is 6.07 Å². The molecule has 3 N–H and O–H groups in total. The summed E-state index contributed by atoms with van der Waals surface area (Å²) < 4.78 is 11.3. The highest BCUT2D eigenvalue weighted by Crippen LogP contribution is 2.35. The van der Waals surface area contributed by atoms with Crippen LogP contribution in [0.2, 0.25) is 0 Å². The van der Waals surface area contributed by atoms with Crippen molar-refractivity contribution in [1.29, 1.82) is 0 Å². The molecule has 0 unspecified atom stereocenters. The van der Waals surface area contributed by atoms with Crippen LogP contribution >= 0.6 is 12.4 Å². The van der Waals surface area contributed by atoms with Gasteiger partial charge >= 0.3 is 0 Å². The number of phenolic OH excluding ortho intramolecular Hbond substituents is 2. The van der Waals surface area contributed by atoms with E-state index in [4.69, 9.17) is 9.47 Å². The van der Waals surface area contributed by atoms with Crippen molar-refractivity contribution >= 4 is 24.2 Å². The largest absolute Gasteiger partial charge is 0.504 e. The first-order chi connectivity index (χ1) is 12.1. The number of hydrogen-bond acceptors (Lipinski definition) is 5. The van der Waals surface area contributed by atoms with E-state index in [0.717, 1.165) is 41.1 Å². The standard InChI is InChI=1S/C20H23NO4.ClH/c1-3-24-19-6-5-13(10-20(19)25-4-2)9-16-15-12-18(23)17(22)11-14(15)7-8-21-16;/h5-6,9-12,21-23H,3-4,7-8H2,1-2H3;1H/b16-9-;. The fraction of sp³-hybridized carbons (Fsp3) is 0.300. The summed E-state index contributed by atoms with van der Waals surface area (Å²) in [5.41, 5.74) is 3.78. The van der Waals surface area contributed by atoms with Gasteiger partial charge in [-0.3, -0.25) is 0 Å². The smallest absolute Gasteiger partial charge is 0.161 e. The number of benzene rings is 2. The summed E-state index contributed by atoms with van der Waals surface area (Å²) in [6, 6.07) is 9.04. The van der Waals surface area contributed by atoms with E-state index in [-0.39, 0.29) is 23.9 Å². The van der Waals surface area contributed by atoms with Gasteiger partial charge in [-0.2, -0.15) is 0 Å². The van der Waals surface area contributed by atoms with E-state index in [1.54, 1.807) is 12.1 Å². The van der Waals surface area contributed by atoms with Gasteiger partial charge < -0.3 is 25.0 Å². The van der Waals surface area contributed by atoms with Crippen LogP contribution in [0.4, 0.5) is 0 Å². The zero-order valence-corrected chi connectivity index (χ0v) is 15.7. The van der Waals surface area contributed by atoms with Crippen LogP contribution in [0, 0.1) is 0 Å². The van der Waals surface area contributed by atoms with E-state index in [2.05, 4.69) is 5.32 Å². The summed E-state index contributed by atoms with van der Waals surface area (Å²) in [5, 5.41) is 22.9. The molecule has 0 aromatic heterocycles. The first-order valence-electron chi connectivity index (χ1n) is 8.52. The van der Waals surface area contributed by atoms with E-state index < -0.39 is 0 Å². The topological polar surface area (TPSA) is 71.0 Å². The highest BCUT2D eigenvalue weighted by atomic mass is 35.5. The van der Waals surface area contributed by atoms with Crippen LogP contribution in [-0.2, 0) is 6.42 Å². The Morgan fingerprint density at radius 1 is 1.00 bits per heavy atom. The first-order valence-corrected chi connectivity index (χ1v) is 8.52. The van der Waals surface area contributed by atoms with Crippen molar-refractivity contribution in [3.05, 3.63) is 47.0 Å². The number of fused-ring (bicyclic) bond motifs is 1. The van der Waals surface area contributed by atoms with Gasteiger partial charge in [0.25, 0.3) is 0 Å². The Labute approximate surface area is 159 Å². The molecule has 1 aliphatic heterocycles. The summed E-state index contributed by atoms with van der Waals surface area (Å²) in [4.78, 5) is 0. The summed E-state index contributed by atoms with van der Waals surface area (Å²) in [7, 11) is 0. The van der Waals surface area contributed by atoms with Crippen molar-refractivity contribution in [2.45, 2.75) is 20.3 Å². The van der Waals surface area contributed by atoms with Gasteiger partial charge in [-0.15, -0.1) is 12.4 Å². The molecule has 0 saturated carbocycles. The Balaban J connectivity index is 0.00000243. The maximum Gasteiger partial charge on any atom is 0.161 e. The number of nitrogens with one attached hydrogen (secondary N) is 1. The average Bonchev–Trinajstić information content (AvgIpc) is 2.59. The molecule has 0 bridgehead atoms. The summed E-state index contributed by atoms with van der Waals surface area (Å²) >= 11 is 0. The molecule has 3 rings (SSSR count). The zero-order valence-electron chi connectivity index (χ0n) is 14.9. The molecular weight excluding hydrogens is 354 g/mol. The zero-order chi connectivity index (χ0) is 17.8. The molecule has 0 amide bonds. The Bertz CT molecular complexity index is 805. The van der Waals surface area contributed by atoms with Gasteiger partial charge in [-0.05, 0) is 61.7 Å². The third kappa shape index (κ3) is 4.17. The molecule has 6 heteroatoms. The van der Waals surface area contributed by atoms with Crippen molar-refractivity contribution in [3.8, 4) is 23.0 Å². The molecule has 1 aliphatic rings. The van der Waals surface area contributed by atoms with Gasteiger partial charge in [0.15, 0.2) is 23.0 Å². The van der Waals surface area contributed by atoms with Crippen LogP contribution in [0.5, 0.6) is 23.0 Å². The van der Waals surface area contributed by atoms with Gasteiger partial charge in [0.2, 0.25) is 0 Å². The maximum atomic E-state index is 9.83. The van der Waals surface area contributed by atoms with Gasteiger partial charge in [-0.25, -0.2) is 0 Å². The first kappa shape index (κ1) is 19.8. The molecular formula is C20H24ClNO4. The number of halogens is 1. The lowest BCUT2D eigenvalue weighted by Crippen LogP contribution is -2.22. The van der Waals surface area contributed by atoms with E-state index >= 15 is 0 Å². The third-order valence-electron chi connectivity index (χ3n) is 4.08.